The van der Waals surface area contributed by atoms with E-state index < -0.39 is 0 Å². The molecule has 0 spiro atoms. The van der Waals surface area contributed by atoms with Gasteiger partial charge in [0.05, 0.1) is 14.2 Å². The molecule has 2 aromatic rings. The zero-order valence-corrected chi connectivity index (χ0v) is 17.9. The minimum Gasteiger partial charge on any atom is -0.496 e. The molecule has 0 radical (unpaired) electrons. The molecule has 2 heteroatoms. The summed E-state index contributed by atoms with van der Waals surface area (Å²) in [6.45, 7) is 15.7. The monoisotopic (exact) mass is 354 g/mol. The Labute approximate surface area is 159 Å². The van der Waals surface area contributed by atoms with Crippen LogP contribution in [0, 0.1) is 6.92 Å². The molecule has 0 amide bonds. The van der Waals surface area contributed by atoms with E-state index in [1.165, 1.54) is 22.3 Å². The maximum Gasteiger partial charge on any atom is 0.127 e. The molecular weight excluding hydrogens is 320 g/mol. The van der Waals surface area contributed by atoms with Crippen molar-refractivity contribution in [3.8, 4) is 22.6 Å². The SMILES string of the molecule is COc1ccc(OC)c(-c2c(C(C)C)cc(C(C)C)cc2C(C)C)c1C. The third-order valence-corrected chi connectivity index (χ3v) is 5.20. The Morgan fingerprint density at radius 2 is 1.12 bits per heavy atom. The summed E-state index contributed by atoms with van der Waals surface area (Å²) in [5.74, 6) is 3.17. The van der Waals surface area contributed by atoms with E-state index in [2.05, 4.69) is 60.6 Å². The van der Waals surface area contributed by atoms with Crippen molar-refractivity contribution in [2.45, 2.75) is 66.2 Å². The average molecular weight is 355 g/mol. The van der Waals surface area contributed by atoms with Crippen molar-refractivity contribution < 1.29 is 9.47 Å². The fourth-order valence-corrected chi connectivity index (χ4v) is 3.61. The zero-order valence-electron chi connectivity index (χ0n) is 17.9. The summed E-state index contributed by atoms with van der Waals surface area (Å²) in [4.78, 5) is 0. The molecule has 0 atom stereocenters. The maximum absolute atomic E-state index is 5.77. The quantitative estimate of drug-likeness (QED) is 0.553. The van der Waals surface area contributed by atoms with Gasteiger partial charge in [-0.15, -0.1) is 0 Å². The summed E-state index contributed by atoms with van der Waals surface area (Å²) in [5, 5.41) is 0. The van der Waals surface area contributed by atoms with Gasteiger partial charge in [0.25, 0.3) is 0 Å². The first-order chi connectivity index (χ1) is 12.2. The van der Waals surface area contributed by atoms with E-state index in [9.17, 15) is 0 Å². The molecule has 2 rings (SSSR count). The van der Waals surface area contributed by atoms with Crippen LogP contribution < -0.4 is 9.47 Å². The second-order valence-corrected chi connectivity index (χ2v) is 8.01. The number of benzene rings is 2. The minimum absolute atomic E-state index is 0.427. The van der Waals surface area contributed by atoms with Gasteiger partial charge in [-0.05, 0) is 59.1 Å². The van der Waals surface area contributed by atoms with Gasteiger partial charge < -0.3 is 9.47 Å². The molecule has 0 aliphatic heterocycles. The molecule has 0 unspecified atom stereocenters. The van der Waals surface area contributed by atoms with E-state index in [0.29, 0.717) is 17.8 Å². The van der Waals surface area contributed by atoms with E-state index in [1.807, 2.05) is 12.1 Å². The van der Waals surface area contributed by atoms with Gasteiger partial charge in [-0.1, -0.05) is 53.7 Å². The largest absolute Gasteiger partial charge is 0.496 e. The zero-order chi connectivity index (χ0) is 19.6. The molecule has 0 fully saturated rings. The Bertz CT molecular complexity index is 741. The van der Waals surface area contributed by atoms with E-state index in [4.69, 9.17) is 9.47 Å². The Morgan fingerprint density at radius 1 is 0.654 bits per heavy atom. The van der Waals surface area contributed by atoms with Gasteiger partial charge in [0.15, 0.2) is 0 Å². The number of hydrogen-bond donors (Lipinski definition) is 0. The second-order valence-electron chi connectivity index (χ2n) is 8.01. The summed E-state index contributed by atoms with van der Waals surface area (Å²) >= 11 is 0. The van der Waals surface area contributed by atoms with Gasteiger partial charge in [0, 0.05) is 11.1 Å². The first kappa shape index (κ1) is 20.4. The van der Waals surface area contributed by atoms with Crippen molar-refractivity contribution >= 4 is 0 Å². The van der Waals surface area contributed by atoms with Crippen LogP contribution in [0.15, 0.2) is 24.3 Å². The van der Waals surface area contributed by atoms with E-state index >= 15 is 0 Å². The minimum atomic E-state index is 0.427. The standard InChI is InChI=1S/C24H34O2/c1-14(2)18-12-19(15(3)4)24(20(13-18)16(5)6)23-17(7)21(25-8)10-11-22(23)26-9/h10-16H,1-9H3. The van der Waals surface area contributed by atoms with Crippen molar-refractivity contribution in [2.75, 3.05) is 14.2 Å². The summed E-state index contributed by atoms with van der Waals surface area (Å²) in [7, 11) is 3.48. The van der Waals surface area contributed by atoms with E-state index in [1.54, 1.807) is 14.2 Å². The van der Waals surface area contributed by atoms with Gasteiger partial charge in [0.2, 0.25) is 0 Å². The number of methoxy groups -OCH3 is 2. The van der Waals surface area contributed by atoms with Crippen LogP contribution in [0.2, 0.25) is 0 Å². The molecule has 2 nitrogen and oxygen atoms in total. The summed E-state index contributed by atoms with van der Waals surface area (Å²) in [5.41, 5.74) is 7.78. The molecule has 0 aliphatic carbocycles. The Balaban J connectivity index is 2.97. The van der Waals surface area contributed by atoms with E-state index in [-0.39, 0.29) is 0 Å². The highest BCUT2D eigenvalue weighted by Gasteiger charge is 2.23. The highest BCUT2D eigenvalue weighted by molar-refractivity contribution is 5.82. The van der Waals surface area contributed by atoms with E-state index in [0.717, 1.165) is 22.6 Å². The molecule has 0 bridgehead atoms. The normalized spacial score (nSPS) is 11.5. The first-order valence-corrected chi connectivity index (χ1v) is 9.62. The third-order valence-electron chi connectivity index (χ3n) is 5.20. The topological polar surface area (TPSA) is 18.5 Å². The molecule has 26 heavy (non-hydrogen) atoms. The van der Waals surface area contributed by atoms with Gasteiger partial charge in [0.1, 0.15) is 11.5 Å². The van der Waals surface area contributed by atoms with Crippen LogP contribution in [0.5, 0.6) is 11.5 Å². The molecule has 0 saturated heterocycles. The maximum atomic E-state index is 5.77. The van der Waals surface area contributed by atoms with Crippen molar-refractivity contribution in [1.82, 2.24) is 0 Å². The molecule has 0 N–H and O–H groups in total. The third kappa shape index (κ3) is 3.75. The van der Waals surface area contributed by atoms with Crippen LogP contribution in [0.25, 0.3) is 11.1 Å². The summed E-state index contributed by atoms with van der Waals surface area (Å²) in [6.07, 6.45) is 0. The lowest BCUT2D eigenvalue weighted by Crippen LogP contribution is -2.06. The number of ether oxygens (including phenoxy) is 2. The van der Waals surface area contributed by atoms with Crippen LogP contribution in [0.1, 0.15) is 81.5 Å². The second kappa shape index (κ2) is 8.16. The predicted octanol–water partition coefficient (Wildman–Crippen LogP) is 7.05. The van der Waals surface area contributed by atoms with Crippen molar-refractivity contribution in [2.24, 2.45) is 0 Å². The van der Waals surface area contributed by atoms with Crippen molar-refractivity contribution in [1.29, 1.82) is 0 Å². The molecule has 0 saturated carbocycles. The molecule has 142 valence electrons. The molecule has 2 aromatic carbocycles. The van der Waals surface area contributed by atoms with Crippen LogP contribution in [0.3, 0.4) is 0 Å². The smallest absolute Gasteiger partial charge is 0.127 e. The number of hydrogen-bond acceptors (Lipinski definition) is 2. The Morgan fingerprint density at radius 3 is 1.50 bits per heavy atom. The molecular formula is C24H34O2. The fourth-order valence-electron chi connectivity index (χ4n) is 3.61. The lowest BCUT2D eigenvalue weighted by atomic mass is 9.80. The summed E-state index contributed by atoms with van der Waals surface area (Å²) in [6, 6.07) is 8.78. The van der Waals surface area contributed by atoms with Crippen molar-refractivity contribution in [3.05, 3.63) is 46.5 Å². The highest BCUT2D eigenvalue weighted by Crippen LogP contribution is 2.45. The van der Waals surface area contributed by atoms with Gasteiger partial charge in [-0.3, -0.25) is 0 Å². The van der Waals surface area contributed by atoms with Crippen molar-refractivity contribution in [3.63, 3.8) is 0 Å². The van der Waals surface area contributed by atoms with Crippen LogP contribution >= 0.6 is 0 Å². The fraction of sp³-hybridized carbons (Fsp3) is 0.500. The van der Waals surface area contributed by atoms with Crippen LogP contribution in [0.4, 0.5) is 0 Å². The lowest BCUT2D eigenvalue weighted by molar-refractivity contribution is 0.402. The Hall–Kier alpha value is -1.96. The first-order valence-electron chi connectivity index (χ1n) is 9.62. The number of rotatable bonds is 6. The predicted molar refractivity (Wildman–Crippen MR) is 112 cm³/mol. The van der Waals surface area contributed by atoms with Crippen LogP contribution in [-0.4, -0.2) is 14.2 Å². The molecule has 0 aromatic heterocycles. The van der Waals surface area contributed by atoms with Gasteiger partial charge >= 0.3 is 0 Å². The highest BCUT2D eigenvalue weighted by atomic mass is 16.5. The van der Waals surface area contributed by atoms with Gasteiger partial charge in [-0.25, -0.2) is 0 Å². The van der Waals surface area contributed by atoms with Gasteiger partial charge in [-0.2, -0.15) is 0 Å². The van der Waals surface area contributed by atoms with Crippen LogP contribution in [-0.2, 0) is 0 Å². The average Bonchev–Trinajstić information content (AvgIpc) is 2.60. The lowest BCUT2D eigenvalue weighted by Gasteiger charge is -2.26. The molecule has 0 aliphatic rings. The Kier molecular flexibility index (Phi) is 6.39. The summed E-state index contributed by atoms with van der Waals surface area (Å²) < 4.78 is 11.4. The molecule has 0 heterocycles.